The number of hydrogen-bond acceptors (Lipinski definition) is 5. The van der Waals surface area contributed by atoms with Crippen LogP contribution in [-0.4, -0.2) is 59.8 Å². The summed E-state index contributed by atoms with van der Waals surface area (Å²) in [6, 6.07) is 13.5. The van der Waals surface area contributed by atoms with Crippen molar-refractivity contribution in [1.82, 2.24) is 24.9 Å². The number of imidazole rings is 1. The molecule has 2 N–H and O–H groups in total. The van der Waals surface area contributed by atoms with Gasteiger partial charge in [-0.05, 0) is 50.8 Å². The third kappa shape index (κ3) is 4.24. The van der Waals surface area contributed by atoms with Crippen LogP contribution >= 0.6 is 11.3 Å². The molecule has 0 aliphatic carbocycles. The standard InChI is InChI=1S/C24H27N5O2S/c1-5-18(28(3)4)13-26-23(31)17-10-11-20-21(12-17)32-24-27-19(14-29(20)24)15-6-8-16(9-7-15)22(30)25-2/h6-12,14,18H,5,13H2,1-4H3,(H,25,30)(H,26,31). The Hall–Kier alpha value is -3.23. The number of fused-ring (bicyclic) bond motifs is 3. The summed E-state index contributed by atoms with van der Waals surface area (Å²) < 4.78 is 3.06. The van der Waals surface area contributed by atoms with Gasteiger partial charge in [-0.1, -0.05) is 30.4 Å². The molecule has 0 spiro atoms. The Kier molecular flexibility index (Phi) is 6.25. The van der Waals surface area contributed by atoms with Crippen molar-refractivity contribution in [1.29, 1.82) is 0 Å². The predicted octanol–water partition coefficient (Wildman–Crippen LogP) is 3.65. The number of nitrogens with one attached hydrogen (secondary N) is 2. The largest absolute Gasteiger partial charge is 0.355 e. The predicted molar refractivity (Wildman–Crippen MR) is 130 cm³/mol. The molecule has 2 amide bonds. The Labute approximate surface area is 191 Å². The van der Waals surface area contributed by atoms with E-state index in [9.17, 15) is 9.59 Å². The first kappa shape index (κ1) is 22.0. The average Bonchev–Trinajstić information content (AvgIpc) is 3.36. The van der Waals surface area contributed by atoms with E-state index in [-0.39, 0.29) is 11.8 Å². The molecule has 0 saturated carbocycles. The second kappa shape index (κ2) is 9.10. The van der Waals surface area contributed by atoms with E-state index in [1.165, 1.54) is 0 Å². The monoisotopic (exact) mass is 449 g/mol. The van der Waals surface area contributed by atoms with E-state index in [2.05, 4.69) is 22.5 Å². The quantitative estimate of drug-likeness (QED) is 0.452. The number of thiazole rings is 1. The van der Waals surface area contributed by atoms with Crippen LogP contribution in [0.25, 0.3) is 26.4 Å². The maximum atomic E-state index is 12.6. The van der Waals surface area contributed by atoms with Crippen molar-refractivity contribution in [3.63, 3.8) is 0 Å². The first-order valence-corrected chi connectivity index (χ1v) is 11.4. The fourth-order valence-corrected chi connectivity index (χ4v) is 4.77. The average molecular weight is 450 g/mol. The molecule has 0 fully saturated rings. The molecular weight excluding hydrogens is 422 g/mol. The van der Waals surface area contributed by atoms with Crippen LogP contribution in [0.4, 0.5) is 0 Å². The van der Waals surface area contributed by atoms with Crippen LogP contribution in [0, 0.1) is 0 Å². The van der Waals surface area contributed by atoms with Crippen LogP contribution in [0.2, 0.25) is 0 Å². The summed E-state index contributed by atoms with van der Waals surface area (Å²) in [6.45, 7) is 2.74. The van der Waals surface area contributed by atoms with Crippen molar-refractivity contribution in [2.45, 2.75) is 19.4 Å². The van der Waals surface area contributed by atoms with Crippen LogP contribution < -0.4 is 10.6 Å². The van der Waals surface area contributed by atoms with E-state index in [0.717, 1.165) is 32.9 Å². The summed E-state index contributed by atoms with van der Waals surface area (Å²) in [5, 5.41) is 5.67. The number of benzene rings is 2. The van der Waals surface area contributed by atoms with Crippen molar-refractivity contribution in [3.05, 3.63) is 59.8 Å². The summed E-state index contributed by atoms with van der Waals surface area (Å²) in [5.41, 5.74) is 4.08. The Bertz CT molecular complexity index is 1270. The van der Waals surface area contributed by atoms with E-state index >= 15 is 0 Å². The van der Waals surface area contributed by atoms with Gasteiger partial charge in [-0.3, -0.25) is 14.0 Å². The van der Waals surface area contributed by atoms with Gasteiger partial charge in [0.25, 0.3) is 11.8 Å². The van der Waals surface area contributed by atoms with Gasteiger partial charge < -0.3 is 15.5 Å². The van der Waals surface area contributed by atoms with Gasteiger partial charge in [0.05, 0.1) is 15.9 Å². The van der Waals surface area contributed by atoms with Gasteiger partial charge in [0, 0.05) is 42.5 Å². The highest BCUT2D eigenvalue weighted by molar-refractivity contribution is 7.23. The number of nitrogens with zero attached hydrogens (tertiary/aromatic N) is 3. The first-order valence-electron chi connectivity index (χ1n) is 10.6. The molecule has 0 saturated heterocycles. The topological polar surface area (TPSA) is 78.7 Å². The molecule has 4 rings (SSSR count). The lowest BCUT2D eigenvalue weighted by atomic mass is 10.1. The molecule has 1 unspecified atom stereocenters. The SMILES string of the molecule is CCC(CNC(=O)c1ccc2c(c1)sc1nc(-c3ccc(C(=O)NC)cc3)cn12)N(C)C. The zero-order valence-corrected chi connectivity index (χ0v) is 19.5. The highest BCUT2D eigenvalue weighted by atomic mass is 32.1. The molecule has 0 aliphatic heterocycles. The van der Waals surface area contributed by atoms with Gasteiger partial charge in [-0.2, -0.15) is 0 Å². The van der Waals surface area contributed by atoms with E-state index in [1.807, 2.05) is 55.0 Å². The number of aromatic nitrogens is 2. The minimum absolute atomic E-state index is 0.0601. The van der Waals surface area contributed by atoms with Crippen LogP contribution in [0.3, 0.4) is 0 Å². The Morgan fingerprint density at radius 1 is 1.09 bits per heavy atom. The summed E-state index contributed by atoms with van der Waals surface area (Å²) in [5.74, 6) is -0.171. The minimum Gasteiger partial charge on any atom is -0.355 e. The number of hydrogen-bond donors (Lipinski definition) is 2. The van der Waals surface area contributed by atoms with Gasteiger partial charge >= 0.3 is 0 Å². The Balaban J connectivity index is 1.56. The third-order valence-electron chi connectivity index (χ3n) is 5.73. The maximum absolute atomic E-state index is 12.6. The first-order chi connectivity index (χ1) is 15.4. The second-order valence-corrected chi connectivity index (χ2v) is 8.96. The van der Waals surface area contributed by atoms with Gasteiger partial charge in [0.2, 0.25) is 0 Å². The van der Waals surface area contributed by atoms with Crippen molar-refractivity contribution in [3.8, 4) is 11.3 Å². The minimum atomic E-state index is -0.111. The number of carbonyl (C=O) groups is 2. The third-order valence-corrected chi connectivity index (χ3v) is 6.74. The van der Waals surface area contributed by atoms with E-state index < -0.39 is 0 Å². The number of rotatable bonds is 7. The zero-order valence-electron chi connectivity index (χ0n) is 18.7. The number of amides is 2. The molecule has 32 heavy (non-hydrogen) atoms. The molecule has 8 heteroatoms. The second-order valence-electron chi connectivity index (χ2n) is 7.96. The molecule has 2 heterocycles. The van der Waals surface area contributed by atoms with Crippen molar-refractivity contribution in [2.75, 3.05) is 27.7 Å². The van der Waals surface area contributed by atoms with Gasteiger partial charge in [0.1, 0.15) is 0 Å². The van der Waals surface area contributed by atoms with Gasteiger partial charge in [0.15, 0.2) is 4.96 Å². The smallest absolute Gasteiger partial charge is 0.251 e. The molecule has 166 valence electrons. The molecule has 4 aromatic rings. The molecule has 2 aromatic carbocycles. The Morgan fingerprint density at radius 2 is 1.81 bits per heavy atom. The van der Waals surface area contributed by atoms with Crippen LogP contribution in [-0.2, 0) is 0 Å². The highest BCUT2D eigenvalue weighted by Gasteiger charge is 2.15. The molecule has 1 atom stereocenters. The molecular formula is C24H27N5O2S. The van der Waals surface area contributed by atoms with E-state index in [1.54, 1.807) is 30.5 Å². The summed E-state index contributed by atoms with van der Waals surface area (Å²) in [4.78, 5) is 32.1. The molecule has 7 nitrogen and oxygen atoms in total. The maximum Gasteiger partial charge on any atom is 0.251 e. The Morgan fingerprint density at radius 3 is 2.47 bits per heavy atom. The van der Waals surface area contributed by atoms with Crippen molar-refractivity contribution in [2.24, 2.45) is 0 Å². The number of likely N-dealkylation sites (N-methyl/N-ethyl adjacent to an activating group) is 1. The lowest BCUT2D eigenvalue weighted by Gasteiger charge is -2.23. The summed E-state index contributed by atoms with van der Waals surface area (Å²) in [6.07, 6.45) is 2.97. The van der Waals surface area contributed by atoms with Gasteiger partial charge in [-0.15, -0.1) is 0 Å². The molecule has 0 bridgehead atoms. The van der Waals surface area contributed by atoms with Crippen LogP contribution in [0.15, 0.2) is 48.7 Å². The number of carbonyl (C=O) groups excluding carboxylic acids is 2. The van der Waals surface area contributed by atoms with E-state index in [0.29, 0.717) is 23.7 Å². The summed E-state index contributed by atoms with van der Waals surface area (Å²) in [7, 11) is 5.67. The van der Waals surface area contributed by atoms with Crippen molar-refractivity contribution < 1.29 is 9.59 Å². The fourth-order valence-electron chi connectivity index (χ4n) is 3.72. The highest BCUT2D eigenvalue weighted by Crippen LogP contribution is 2.30. The van der Waals surface area contributed by atoms with Gasteiger partial charge in [-0.25, -0.2) is 4.98 Å². The molecule has 2 aromatic heterocycles. The van der Waals surface area contributed by atoms with Crippen molar-refractivity contribution >= 4 is 38.3 Å². The molecule has 0 aliphatic rings. The zero-order chi connectivity index (χ0) is 22.8. The lowest BCUT2D eigenvalue weighted by molar-refractivity contribution is 0.0938. The summed E-state index contributed by atoms with van der Waals surface area (Å²) >= 11 is 1.55. The fraction of sp³-hybridized carbons (Fsp3) is 0.292. The molecule has 0 radical (unpaired) electrons. The normalized spacial score (nSPS) is 12.4. The van der Waals surface area contributed by atoms with Crippen LogP contribution in [0.5, 0.6) is 0 Å². The van der Waals surface area contributed by atoms with E-state index in [4.69, 9.17) is 4.98 Å². The lowest BCUT2D eigenvalue weighted by Crippen LogP contribution is -2.39. The van der Waals surface area contributed by atoms with Crippen LogP contribution in [0.1, 0.15) is 34.1 Å².